The second kappa shape index (κ2) is 8.01. The normalized spacial score (nSPS) is 12.7. The minimum Gasteiger partial charge on any atom is -0.477 e. The van der Waals surface area contributed by atoms with Gasteiger partial charge in [0.05, 0.1) is 0 Å². The van der Waals surface area contributed by atoms with E-state index in [1.807, 2.05) is 0 Å². The highest BCUT2D eigenvalue weighted by atomic mass is 35.5. The van der Waals surface area contributed by atoms with Crippen LogP contribution in [0.2, 0.25) is 5.02 Å². The Morgan fingerprint density at radius 3 is 2.00 bits per heavy atom. The second-order valence-corrected chi connectivity index (χ2v) is 6.14. The average molecular weight is 376 g/mol. The first-order valence-corrected chi connectivity index (χ1v) is 8.26. The van der Waals surface area contributed by atoms with Crippen molar-refractivity contribution in [3.8, 4) is 5.75 Å². The number of benzene rings is 2. The zero-order valence-corrected chi connectivity index (χ0v) is 15.0. The molecule has 6 nitrogen and oxygen atoms in total. The third-order valence-corrected chi connectivity index (χ3v) is 3.90. The summed E-state index contributed by atoms with van der Waals surface area (Å²) in [4.78, 5) is 35.4. The van der Waals surface area contributed by atoms with Crippen LogP contribution in [0.3, 0.4) is 0 Å². The van der Waals surface area contributed by atoms with Crippen LogP contribution in [0.25, 0.3) is 0 Å². The van der Waals surface area contributed by atoms with Gasteiger partial charge in [0.25, 0.3) is 5.72 Å². The van der Waals surface area contributed by atoms with Crippen molar-refractivity contribution in [1.82, 2.24) is 5.32 Å². The number of amides is 1. The number of ketones is 1. The zero-order chi connectivity index (χ0) is 19.3. The number of carbonyl (C=O) groups excluding carboxylic acids is 2. The molecule has 0 aliphatic rings. The van der Waals surface area contributed by atoms with Gasteiger partial charge in [0.15, 0.2) is 5.78 Å². The van der Waals surface area contributed by atoms with E-state index in [4.69, 9.17) is 16.3 Å². The van der Waals surface area contributed by atoms with Crippen molar-refractivity contribution in [2.24, 2.45) is 0 Å². The van der Waals surface area contributed by atoms with Crippen LogP contribution in [-0.4, -0.2) is 28.5 Å². The highest BCUT2D eigenvalue weighted by Gasteiger charge is 2.37. The smallest absolute Gasteiger partial charge is 0.369 e. The van der Waals surface area contributed by atoms with E-state index in [1.54, 1.807) is 31.2 Å². The molecular weight excluding hydrogens is 358 g/mol. The van der Waals surface area contributed by atoms with Crippen molar-refractivity contribution < 1.29 is 24.2 Å². The van der Waals surface area contributed by atoms with E-state index in [9.17, 15) is 19.5 Å². The van der Waals surface area contributed by atoms with Crippen molar-refractivity contribution in [1.29, 1.82) is 0 Å². The number of hydrogen-bond donors (Lipinski definition) is 2. The fourth-order valence-electron chi connectivity index (χ4n) is 2.16. The average Bonchev–Trinajstić information content (AvgIpc) is 2.62. The topological polar surface area (TPSA) is 92.7 Å². The molecule has 0 fully saturated rings. The van der Waals surface area contributed by atoms with Gasteiger partial charge in [0.1, 0.15) is 5.75 Å². The van der Waals surface area contributed by atoms with Gasteiger partial charge in [0.2, 0.25) is 5.91 Å². The lowest BCUT2D eigenvalue weighted by atomic mass is 10.0. The van der Waals surface area contributed by atoms with Crippen LogP contribution >= 0.6 is 11.6 Å². The Bertz CT molecular complexity index is 817. The van der Waals surface area contributed by atoms with E-state index in [-0.39, 0.29) is 18.0 Å². The van der Waals surface area contributed by atoms with Gasteiger partial charge >= 0.3 is 5.97 Å². The molecule has 136 valence electrons. The molecule has 2 rings (SSSR count). The van der Waals surface area contributed by atoms with Crippen LogP contribution < -0.4 is 10.1 Å². The van der Waals surface area contributed by atoms with Crippen molar-refractivity contribution in [3.05, 3.63) is 64.7 Å². The number of carboxylic acid groups (broad SMARTS) is 1. The Morgan fingerprint density at radius 1 is 1.04 bits per heavy atom. The Labute approximate surface area is 155 Å². The molecule has 2 aromatic rings. The minimum atomic E-state index is -1.91. The number of ether oxygens (including phenoxy) is 1. The maximum Gasteiger partial charge on any atom is 0.369 e. The molecule has 0 saturated carbocycles. The van der Waals surface area contributed by atoms with E-state index in [0.717, 1.165) is 0 Å². The summed E-state index contributed by atoms with van der Waals surface area (Å²) in [7, 11) is 0. The van der Waals surface area contributed by atoms with Crippen LogP contribution in [0.1, 0.15) is 36.2 Å². The van der Waals surface area contributed by atoms with E-state index in [1.165, 1.54) is 31.2 Å². The third kappa shape index (κ3) is 4.61. The first-order chi connectivity index (χ1) is 12.2. The molecule has 0 radical (unpaired) electrons. The molecule has 0 bridgehead atoms. The standard InChI is InChI=1S/C19H18ClNO5/c1-3-16(22)21-19(2,18(24)25)26-15-10-6-13(7-11-15)17(23)12-4-8-14(20)9-5-12/h4-11H,3H2,1-2H3,(H,21,22)(H,24,25). The lowest BCUT2D eigenvalue weighted by Crippen LogP contribution is -2.56. The molecule has 26 heavy (non-hydrogen) atoms. The molecule has 0 aromatic heterocycles. The maximum atomic E-state index is 12.4. The minimum absolute atomic E-state index is 0.126. The van der Waals surface area contributed by atoms with Crippen LogP contribution in [0, 0.1) is 0 Å². The highest BCUT2D eigenvalue weighted by molar-refractivity contribution is 6.30. The largest absolute Gasteiger partial charge is 0.477 e. The Balaban J connectivity index is 2.17. The van der Waals surface area contributed by atoms with E-state index >= 15 is 0 Å². The molecular formula is C19H18ClNO5. The molecule has 1 amide bonds. The fourth-order valence-corrected chi connectivity index (χ4v) is 2.28. The summed E-state index contributed by atoms with van der Waals surface area (Å²) in [6.45, 7) is 2.85. The number of hydrogen-bond acceptors (Lipinski definition) is 4. The lowest BCUT2D eigenvalue weighted by Gasteiger charge is -2.27. The fraction of sp³-hybridized carbons (Fsp3) is 0.211. The SMILES string of the molecule is CCC(=O)NC(C)(Oc1ccc(C(=O)c2ccc(Cl)cc2)cc1)C(=O)O. The molecule has 0 heterocycles. The van der Waals surface area contributed by atoms with Gasteiger partial charge in [-0.1, -0.05) is 18.5 Å². The predicted octanol–water partition coefficient (Wildman–Crippen LogP) is 3.28. The van der Waals surface area contributed by atoms with Gasteiger partial charge in [-0.25, -0.2) is 4.79 Å². The quantitative estimate of drug-likeness (QED) is 0.572. The number of carboxylic acids is 1. The highest BCUT2D eigenvalue weighted by Crippen LogP contribution is 2.20. The van der Waals surface area contributed by atoms with Crippen LogP contribution in [0.15, 0.2) is 48.5 Å². The van der Waals surface area contributed by atoms with Gasteiger partial charge in [-0.3, -0.25) is 9.59 Å². The predicted molar refractivity (Wildman–Crippen MR) is 96.4 cm³/mol. The summed E-state index contributed by atoms with van der Waals surface area (Å²) in [6, 6.07) is 12.5. The second-order valence-electron chi connectivity index (χ2n) is 5.70. The van der Waals surface area contributed by atoms with E-state index in [2.05, 4.69) is 5.32 Å². The van der Waals surface area contributed by atoms with Crippen molar-refractivity contribution in [3.63, 3.8) is 0 Å². The maximum absolute atomic E-state index is 12.4. The summed E-state index contributed by atoms with van der Waals surface area (Å²) in [5.74, 6) is -1.78. The molecule has 0 spiro atoms. The molecule has 0 aliphatic carbocycles. The van der Waals surface area contributed by atoms with Crippen molar-refractivity contribution >= 4 is 29.3 Å². The van der Waals surface area contributed by atoms with Crippen molar-refractivity contribution in [2.75, 3.05) is 0 Å². The number of carbonyl (C=O) groups is 3. The zero-order valence-electron chi connectivity index (χ0n) is 14.3. The van der Waals surface area contributed by atoms with Gasteiger partial charge in [-0.15, -0.1) is 0 Å². The monoisotopic (exact) mass is 375 g/mol. The van der Waals surface area contributed by atoms with E-state index in [0.29, 0.717) is 16.1 Å². The molecule has 1 unspecified atom stereocenters. The summed E-state index contributed by atoms with van der Waals surface area (Å²) in [5.41, 5.74) is -1.02. The number of halogens is 1. The lowest BCUT2D eigenvalue weighted by molar-refractivity contribution is -0.159. The first kappa shape index (κ1) is 19.5. The molecule has 0 aliphatic heterocycles. The summed E-state index contributed by atoms with van der Waals surface area (Å²) >= 11 is 5.81. The van der Waals surface area contributed by atoms with Crippen LogP contribution in [0.4, 0.5) is 0 Å². The molecule has 2 aromatic carbocycles. The molecule has 0 saturated heterocycles. The van der Waals surface area contributed by atoms with Crippen LogP contribution in [0.5, 0.6) is 5.75 Å². The van der Waals surface area contributed by atoms with Gasteiger partial charge < -0.3 is 15.2 Å². The third-order valence-electron chi connectivity index (χ3n) is 3.65. The molecule has 2 N–H and O–H groups in total. The molecule has 7 heteroatoms. The van der Waals surface area contributed by atoms with E-state index < -0.39 is 17.6 Å². The summed E-state index contributed by atoms with van der Waals surface area (Å²) in [5, 5.41) is 12.2. The Morgan fingerprint density at radius 2 is 1.54 bits per heavy atom. The first-order valence-electron chi connectivity index (χ1n) is 7.89. The van der Waals surface area contributed by atoms with Gasteiger partial charge in [-0.2, -0.15) is 0 Å². The summed E-state index contributed by atoms with van der Waals surface area (Å²) < 4.78 is 5.43. The van der Waals surface area contributed by atoms with Crippen molar-refractivity contribution in [2.45, 2.75) is 26.0 Å². The Kier molecular flexibility index (Phi) is 6.00. The number of nitrogens with one attached hydrogen (secondary N) is 1. The van der Waals surface area contributed by atoms with Gasteiger partial charge in [0, 0.05) is 29.5 Å². The Hall–Kier alpha value is -2.86. The summed E-state index contributed by atoms with van der Waals surface area (Å²) in [6.07, 6.45) is 0.126. The van der Waals surface area contributed by atoms with Gasteiger partial charge in [-0.05, 0) is 48.5 Å². The number of rotatable bonds is 7. The van der Waals surface area contributed by atoms with Crippen LogP contribution in [-0.2, 0) is 9.59 Å². The number of aliphatic carboxylic acids is 1. The molecule has 1 atom stereocenters.